The first-order valence-electron chi connectivity index (χ1n) is 5.05. The molecule has 0 saturated carbocycles. The minimum Gasteiger partial charge on any atom is -0.441 e. The van der Waals surface area contributed by atoms with Gasteiger partial charge in [-0.25, -0.2) is 0 Å². The summed E-state index contributed by atoms with van der Waals surface area (Å²) >= 11 is 0. The normalized spacial score (nSPS) is 15.3. The van der Waals surface area contributed by atoms with E-state index in [9.17, 15) is 0 Å². The highest BCUT2D eigenvalue weighted by molar-refractivity contribution is 6.74. The smallest absolute Gasteiger partial charge is 0.324 e. The van der Waals surface area contributed by atoms with Crippen molar-refractivity contribution >= 4 is 28.3 Å². The molecular formula is C9H13B3N3. The van der Waals surface area contributed by atoms with E-state index in [2.05, 4.69) is 47.9 Å². The highest BCUT2D eigenvalue weighted by Crippen LogP contribution is 2.24. The van der Waals surface area contributed by atoms with Crippen LogP contribution in [0.3, 0.4) is 0 Å². The predicted octanol–water partition coefficient (Wildman–Crippen LogP) is 0.214. The van der Waals surface area contributed by atoms with Crippen molar-refractivity contribution in [2.45, 2.75) is 20.8 Å². The average Bonchev–Trinajstić information content (AvgIpc) is 2.17. The molecule has 0 aromatic heterocycles. The molecule has 1 saturated heterocycles. The van der Waals surface area contributed by atoms with Crippen LogP contribution in [0.4, 0.5) is 5.69 Å². The summed E-state index contributed by atoms with van der Waals surface area (Å²) in [4.78, 5) is 0. The molecule has 3 nitrogen and oxygen atoms in total. The van der Waals surface area contributed by atoms with Crippen LogP contribution in [-0.2, 0) is 0 Å². The Bertz CT molecular complexity index is 341. The van der Waals surface area contributed by atoms with Crippen molar-refractivity contribution in [1.29, 1.82) is 0 Å². The fraction of sp³-hybridized carbons (Fsp3) is 0.333. The van der Waals surface area contributed by atoms with Crippen LogP contribution in [0.5, 0.6) is 0 Å². The first kappa shape index (κ1) is 10.6. The summed E-state index contributed by atoms with van der Waals surface area (Å²) in [6, 6.07) is 4.39. The number of nitrogens with zero attached hydrogens (tertiary/aromatic N) is 1. The number of anilines is 1. The zero-order valence-electron chi connectivity index (χ0n) is 9.33. The maximum atomic E-state index is 3.04. The summed E-state index contributed by atoms with van der Waals surface area (Å²) in [5, 5.41) is 6.07. The molecule has 73 valence electrons. The number of nitrogens with one attached hydrogen (secondary N) is 2. The summed E-state index contributed by atoms with van der Waals surface area (Å²) < 4.78 is 2.06. The van der Waals surface area contributed by atoms with Crippen LogP contribution in [0.1, 0.15) is 16.7 Å². The van der Waals surface area contributed by atoms with Crippen molar-refractivity contribution in [3.8, 4) is 0 Å². The van der Waals surface area contributed by atoms with Crippen molar-refractivity contribution in [3.63, 3.8) is 0 Å². The largest absolute Gasteiger partial charge is 0.441 e. The van der Waals surface area contributed by atoms with Gasteiger partial charge in [0.15, 0.2) is 0 Å². The summed E-state index contributed by atoms with van der Waals surface area (Å²) in [6.07, 6.45) is 0. The van der Waals surface area contributed by atoms with Gasteiger partial charge in [0.1, 0.15) is 0 Å². The molecule has 0 unspecified atom stereocenters. The van der Waals surface area contributed by atoms with Gasteiger partial charge in [-0.05, 0) is 31.9 Å². The van der Waals surface area contributed by atoms with E-state index in [1.807, 2.05) is 15.1 Å². The molecular weight excluding hydrogens is 183 g/mol. The standard InChI is InChI=1S/C9H13B3N3/c1-6-4-7(2)9(8(3)5-6)15-11-13-10-14-12-15/h4-5,13-14H,1-3H3. The molecule has 15 heavy (non-hydrogen) atoms. The van der Waals surface area contributed by atoms with E-state index in [4.69, 9.17) is 0 Å². The molecule has 0 spiro atoms. The third kappa shape index (κ3) is 2.21. The second-order valence-electron chi connectivity index (χ2n) is 3.89. The molecule has 1 aromatic rings. The van der Waals surface area contributed by atoms with Gasteiger partial charge in [-0.1, -0.05) is 17.7 Å². The second kappa shape index (κ2) is 4.33. The fourth-order valence-electron chi connectivity index (χ4n) is 2.03. The third-order valence-corrected chi connectivity index (χ3v) is 2.49. The molecule has 3 radical (unpaired) electrons. The molecule has 1 fully saturated rings. The van der Waals surface area contributed by atoms with Gasteiger partial charge < -0.3 is 15.0 Å². The molecule has 2 rings (SSSR count). The topological polar surface area (TPSA) is 27.3 Å². The summed E-state index contributed by atoms with van der Waals surface area (Å²) in [6.45, 7) is 6.39. The van der Waals surface area contributed by atoms with Gasteiger partial charge >= 0.3 is 15.1 Å². The first-order valence-corrected chi connectivity index (χ1v) is 5.05. The van der Waals surface area contributed by atoms with Gasteiger partial charge in [-0.3, -0.25) is 0 Å². The van der Waals surface area contributed by atoms with Crippen molar-refractivity contribution in [2.24, 2.45) is 0 Å². The van der Waals surface area contributed by atoms with Crippen LogP contribution in [-0.4, -0.2) is 22.6 Å². The van der Waals surface area contributed by atoms with Gasteiger partial charge in [-0.2, -0.15) is 0 Å². The van der Waals surface area contributed by atoms with E-state index < -0.39 is 0 Å². The van der Waals surface area contributed by atoms with Gasteiger partial charge in [0, 0.05) is 5.69 Å². The lowest BCUT2D eigenvalue weighted by atomic mass is 9.79. The quantitative estimate of drug-likeness (QED) is 0.628. The molecule has 1 heterocycles. The summed E-state index contributed by atoms with van der Waals surface area (Å²) in [5.41, 5.74) is 5.10. The zero-order valence-corrected chi connectivity index (χ0v) is 9.33. The Morgan fingerprint density at radius 2 is 1.53 bits per heavy atom. The van der Waals surface area contributed by atoms with Crippen LogP contribution >= 0.6 is 0 Å². The Labute approximate surface area is 93.5 Å². The maximum Gasteiger partial charge on any atom is 0.324 e. The summed E-state index contributed by atoms with van der Waals surface area (Å²) in [7, 11) is 5.65. The first-order chi connectivity index (χ1) is 7.18. The Balaban J connectivity index is 2.33. The Morgan fingerprint density at radius 1 is 1.00 bits per heavy atom. The number of rotatable bonds is 1. The van der Waals surface area contributed by atoms with E-state index in [1.54, 1.807) is 7.55 Å². The van der Waals surface area contributed by atoms with Crippen LogP contribution in [0.15, 0.2) is 12.1 Å². The van der Waals surface area contributed by atoms with E-state index in [0.29, 0.717) is 0 Å². The third-order valence-electron chi connectivity index (χ3n) is 2.49. The Hall–Kier alpha value is -0.865. The van der Waals surface area contributed by atoms with Crippen LogP contribution in [0.25, 0.3) is 0 Å². The van der Waals surface area contributed by atoms with E-state index in [1.165, 1.54) is 22.4 Å². The van der Waals surface area contributed by atoms with Crippen molar-refractivity contribution < 1.29 is 0 Å². The molecule has 0 amide bonds. The van der Waals surface area contributed by atoms with Gasteiger partial charge in [-0.15, -0.1) is 0 Å². The fourth-order valence-corrected chi connectivity index (χ4v) is 2.03. The number of benzene rings is 1. The lowest BCUT2D eigenvalue weighted by molar-refractivity contribution is 1.24. The molecule has 0 aliphatic carbocycles. The Kier molecular flexibility index (Phi) is 3.07. The highest BCUT2D eigenvalue weighted by atomic mass is 15.1. The van der Waals surface area contributed by atoms with E-state index in [-0.39, 0.29) is 0 Å². The lowest BCUT2D eigenvalue weighted by Crippen LogP contribution is -2.58. The maximum absolute atomic E-state index is 3.04. The highest BCUT2D eigenvalue weighted by Gasteiger charge is 2.18. The molecule has 0 atom stereocenters. The molecule has 1 aliphatic heterocycles. The number of hydrogen-bond acceptors (Lipinski definition) is 3. The number of aryl methyl sites for hydroxylation is 3. The number of hydrogen-bond donors (Lipinski definition) is 2. The van der Waals surface area contributed by atoms with Crippen LogP contribution < -0.4 is 15.0 Å². The Morgan fingerprint density at radius 3 is 2.07 bits per heavy atom. The second-order valence-corrected chi connectivity index (χ2v) is 3.89. The van der Waals surface area contributed by atoms with Crippen molar-refractivity contribution in [1.82, 2.24) is 10.3 Å². The SMILES string of the molecule is Cc1cc(C)c(N2[B]N[B]N[B]2)c(C)c1. The minimum atomic E-state index is 1.23. The van der Waals surface area contributed by atoms with Crippen molar-refractivity contribution in [3.05, 3.63) is 28.8 Å². The van der Waals surface area contributed by atoms with Crippen LogP contribution in [0.2, 0.25) is 0 Å². The molecule has 6 heteroatoms. The van der Waals surface area contributed by atoms with Crippen molar-refractivity contribution in [2.75, 3.05) is 4.72 Å². The van der Waals surface area contributed by atoms with E-state index >= 15 is 0 Å². The van der Waals surface area contributed by atoms with Gasteiger partial charge in [0.05, 0.1) is 0 Å². The zero-order chi connectivity index (χ0) is 10.8. The minimum absolute atomic E-state index is 1.23. The monoisotopic (exact) mass is 196 g/mol. The van der Waals surface area contributed by atoms with Gasteiger partial charge in [0.25, 0.3) is 7.55 Å². The van der Waals surface area contributed by atoms with E-state index in [0.717, 1.165) is 0 Å². The lowest BCUT2D eigenvalue weighted by Gasteiger charge is -2.30. The molecule has 1 aromatic carbocycles. The van der Waals surface area contributed by atoms with Gasteiger partial charge in [0.2, 0.25) is 0 Å². The average molecular weight is 196 g/mol. The molecule has 2 N–H and O–H groups in total. The molecule has 0 bridgehead atoms. The molecule has 1 aliphatic rings. The summed E-state index contributed by atoms with van der Waals surface area (Å²) in [5.74, 6) is 0. The van der Waals surface area contributed by atoms with Crippen LogP contribution in [0, 0.1) is 20.8 Å². The predicted molar refractivity (Wildman–Crippen MR) is 66.7 cm³/mol.